The molecule has 1 aliphatic carbocycles. The van der Waals surface area contributed by atoms with E-state index in [1.54, 1.807) is 0 Å². The molecule has 1 unspecified atom stereocenters. The van der Waals surface area contributed by atoms with Crippen molar-refractivity contribution in [3.05, 3.63) is 61.5 Å². The summed E-state index contributed by atoms with van der Waals surface area (Å²) in [7, 11) is 0. The van der Waals surface area contributed by atoms with Crippen LogP contribution in [0.25, 0.3) is 0 Å². The highest BCUT2D eigenvalue weighted by molar-refractivity contribution is 9.11. The minimum atomic E-state index is 0.349. The van der Waals surface area contributed by atoms with Crippen LogP contribution in [-0.4, -0.2) is 0 Å². The topological polar surface area (TPSA) is 12.0 Å². The Morgan fingerprint density at radius 2 is 1.89 bits per heavy atom. The maximum Gasteiger partial charge on any atom is 0.0593 e. The van der Waals surface area contributed by atoms with Crippen LogP contribution < -0.4 is 5.32 Å². The Morgan fingerprint density at radius 3 is 2.74 bits per heavy atom. The van der Waals surface area contributed by atoms with E-state index in [9.17, 15) is 0 Å². The molecule has 0 fully saturated rings. The Labute approximate surface area is 134 Å². The second kappa shape index (κ2) is 5.47. The summed E-state index contributed by atoms with van der Waals surface area (Å²) < 4.78 is 2.14. The van der Waals surface area contributed by atoms with Crippen LogP contribution in [0.1, 0.15) is 23.6 Å². The Hall–Kier alpha value is -0.510. The van der Waals surface area contributed by atoms with E-state index in [1.807, 2.05) is 18.2 Å². The van der Waals surface area contributed by atoms with Crippen molar-refractivity contribution in [2.75, 3.05) is 5.32 Å². The zero-order valence-electron chi connectivity index (χ0n) is 10.1. The van der Waals surface area contributed by atoms with Gasteiger partial charge in [0.15, 0.2) is 0 Å². The first-order chi connectivity index (χ1) is 9.16. The molecule has 0 bridgehead atoms. The molecule has 0 saturated carbocycles. The van der Waals surface area contributed by atoms with Crippen molar-refractivity contribution in [2.24, 2.45) is 0 Å². The standard InChI is InChI=1S/C15H12Br2ClN/c16-11-4-1-3-10-9(11)7-8-13(10)19-14-6-2-5-12(18)15(14)17/h1-6,13,19H,7-8H2. The van der Waals surface area contributed by atoms with Crippen molar-refractivity contribution in [3.8, 4) is 0 Å². The van der Waals surface area contributed by atoms with E-state index >= 15 is 0 Å². The molecule has 1 aliphatic rings. The Kier molecular flexibility index (Phi) is 3.88. The van der Waals surface area contributed by atoms with Gasteiger partial charge in [0.25, 0.3) is 0 Å². The predicted molar refractivity (Wildman–Crippen MR) is 88.0 cm³/mol. The number of halogens is 3. The number of hydrogen-bond donors (Lipinski definition) is 1. The van der Waals surface area contributed by atoms with E-state index in [2.05, 4.69) is 55.4 Å². The number of benzene rings is 2. The molecule has 0 amide bonds. The number of hydrogen-bond acceptors (Lipinski definition) is 1. The fourth-order valence-electron chi connectivity index (χ4n) is 2.56. The molecule has 1 atom stereocenters. The molecule has 3 rings (SSSR count). The molecule has 0 radical (unpaired) electrons. The monoisotopic (exact) mass is 399 g/mol. The maximum atomic E-state index is 6.13. The number of fused-ring (bicyclic) bond motifs is 1. The Balaban J connectivity index is 1.91. The van der Waals surface area contributed by atoms with Crippen LogP contribution in [0.3, 0.4) is 0 Å². The van der Waals surface area contributed by atoms with Crippen molar-refractivity contribution in [1.82, 2.24) is 0 Å². The van der Waals surface area contributed by atoms with Crippen molar-refractivity contribution in [3.63, 3.8) is 0 Å². The lowest BCUT2D eigenvalue weighted by molar-refractivity contribution is 0.761. The first-order valence-corrected chi connectivity index (χ1v) is 8.11. The number of nitrogens with one attached hydrogen (secondary N) is 1. The summed E-state index contributed by atoms with van der Waals surface area (Å²) in [4.78, 5) is 0. The van der Waals surface area contributed by atoms with Gasteiger partial charge >= 0.3 is 0 Å². The molecule has 4 heteroatoms. The van der Waals surface area contributed by atoms with E-state index in [-0.39, 0.29) is 0 Å². The van der Waals surface area contributed by atoms with Crippen LogP contribution in [-0.2, 0) is 6.42 Å². The fourth-order valence-corrected chi connectivity index (χ4v) is 3.70. The second-order valence-electron chi connectivity index (χ2n) is 4.64. The zero-order chi connectivity index (χ0) is 13.4. The molecule has 2 aromatic carbocycles. The van der Waals surface area contributed by atoms with Crippen LogP contribution in [0.2, 0.25) is 5.02 Å². The highest BCUT2D eigenvalue weighted by Crippen LogP contribution is 2.39. The van der Waals surface area contributed by atoms with Gasteiger partial charge in [-0.05, 0) is 58.1 Å². The fraction of sp³-hybridized carbons (Fsp3) is 0.200. The van der Waals surface area contributed by atoms with Crippen LogP contribution in [0, 0.1) is 0 Å². The summed E-state index contributed by atoms with van der Waals surface area (Å²) in [6, 6.07) is 12.6. The number of anilines is 1. The van der Waals surface area contributed by atoms with E-state index < -0.39 is 0 Å². The lowest BCUT2D eigenvalue weighted by Crippen LogP contribution is -2.07. The third-order valence-corrected chi connectivity index (χ3v) is 5.64. The maximum absolute atomic E-state index is 6.13. The quantitative estimate of drug-likeness (QED) is 0.654. The van der Waals surface area contributed by atoms with Gasteiger partial charge in [-0.3, -0.25) is 0 Å². The summed E-state index contributed by atoms with van der Waals surface area (Å²) in [6.45, 7) is 0. The van der Waals surface area contributed by atoms with Crippen molar-refractivity contribution in [2.45, 2.75) is 18.9 Å². The van der Waals surface area contributed by atoms with E-state index in [4.69, 9.17) is 11.6 Å². The molecule has 0 aromatic heterocycles. The predicted octanol–water partition coefficient (Wildman–Crippen LogP) is 5.96. The lowest BCUT2D eigenvalue weighted by atomic mass is 10.1. The molecule has 0 aliphatic heterocycles. The molecule has 98 valence electrons. The minimum Gasteiger partial charge on any atom is -0.377 e. The summed E-state index contributed by atoms with van der Waals surface area (Å²) >= 11 is 13.3. The highest BCUT2D eigenvalue weighted by Gasteiger charge is 2.24. The van der Waals surface area contributed by atoms with E-state index in [1.165, 1.54) is 15.6 Å². The summed E-state index contributed by atoms with van der Waals surface area (Å²) in [5.74, 6) is 0. The average Bonchev–Trinajstić information content (AvgIpc) is 2.80. The second-order valence-corrected chi connectivity index (χ2v) is 6.70. The molecule has 2 aromatic rings. The zero-order valence-corrected chi connectivity index (χ0v) is 14.0. The van der Waals surface area contributed by atoms with Crippen LogP contribution >= 0.6 is 43.5 Å². The van der Waals surface area contributed by atoms with Gasteiger partial charge < -0.3 is 5.32 Å². The third-order valence-electron chi connectivity index (χ3n) is 3.49. The normalized spacial score (nSPS) is 17.3. The molecule has 1 nitrogen and oxygen atoms in total. The van der Waals surface area contributed by atoms with Gasteiger partial charge in [-0.1, -0.05) is 45.7 Å². The molecular formula is C15H12Br2ClN. The van der Waals surface area contributed by atoms with Gasteiger partial charge in [0.2, 0.25) is 0 Å². The van der Waals surface area contributed by atoms with Gasteiger partial charge in [0.05, 0.1) is 21.2 Å². The first-order valence-electron chi connectivity index (χ1n) is 6.14. The van der Waals surface area contributed by atoms with E-state index in [0.29, 0.717) is 6.04 Å². The van der Waals surface area contributed by atoms with Crippen LogP contribution in [0.5, 0.6) is 0 Å². The summed E-state index contributed by atoms with van der Waals surface area (Å²) in [6.07, 6.45) is 2.21. The van der Waals surface area contributed by atoms with Gasteiger partial charge in [-0.2, -0.15) is 0 Å². The molecule has 0 saturated heterocycles. The largest absolute Gasteiger partial charge is 0.377 e. The van der Waals surface area contributed by atoms with Crippen LogP contribution in [0.15, 0.2) is 45.3 Å². The molecule has 1 N–H and O–H groups in total. The molecular weight excluding hydrogens is 389 g/mol. The summed E-state index contributed by atoms with van der Waals surface area (Å²) in [5.41, 5.74) is 3.84. The van der Waals surface area contributed by atoms with Gasteiger partial charge in [0, 0.05) is 4.47 Å². The average molecular weight is 402 g/mol. The third kappa shape index (κ3) is 2.56. The van der Waals surface area contributed by atoms with Gasteiger partial charge in [-0.25, -0.2) is 0 Å². The smallest absolute Gasteiger partial charge is 0.0593 e. The number of rotatable bonds is 2. The molecule has 19 heavy (non-hydrogen) atoms. The first kappa shape index (κ1) is 13.5. The van der Waals surface area contributed by atoms with Crippen molar-refractivity contribution in [1.29, 1.82) is 0 Å². The van der Waals surface area contributed by atoms with E-state index in [0.717, 1.165) is 28.0 Å². The summed E-state index contributed by atoms with van der Waals surface area (Å²) in [5, 5.41) is 4.31. The SMILES string of the molecule is Clc1cccc(NC2CCc3c(Br)cccc32)c1Br. The van der Waals surface area contributed by atoms with Gasteiger partial charge in [0.1, 0.15) is 0 Å². The van der Waals surface area contributed by atoms with Crippen molar-refractivity contribution < 1.29 is 0 Å². The lowest BCUT2D eigenvalue weighted by Gasteiger charge is -2.17. The molecule has 0 heterocycles. The van der Waals surface area contributed by atoms with Gasteiger partial charge in [-0.15, -0.1) is 0 Å². The minimum absolute atomic E-state index is 0.349. The van der Waals surface area contributed by atoms with Crippen LogP contribution in [0.4, 0.5) is 5.69 Å². The molecule has 0 spiro atoms. The Bertz CT molecular complexity index is 628. The Morgan fingerprint density at radius 1 is 1.11 bits per heavy atom. The highest BCUT2D eigenvalue weighted by atomic mass is 79.9. The van der Waals surface area contributed by atoms with Crippen molar-refractivity contribution >= 4 is 49.1 Å².